The number of ketones is 1. The molecule has 33 heavy (non-hydrogen) atoms. The van der Waals surface area contributed by atoms with Crippen LogP contribution in [0.3, 0.4) is 0 Å². The van der Waals surface area contributed by atoms with Crippen LogP contribution in [-0.4, -0.2) is 29.1 Å². The lowest BCUT2D eigenvalue weighted by molar-refractivity contribution is 0.0941. The van der Waals surface area contributed by atoms with Crippen molar-refractivity contribution in [1.82, 2.24) is 15.5 Å². The number of Topliss-reactive ketones (excluding diaryl/α,β-unsaturated/α-hetero) is 1. The Kier molecular flexibility index (Phi) is 6.95. The molecule has 0 radical (unpaired) electrons. The summed E-state index contributed by atoms with van der Waals surface area (Å²) in [6.45, 7) is 1.41. The van der Waals surface area contributed by atoms with Crippen molar-refractivity contribution in [2.45, 2.75) is 12.8 Å². The van der Waals surface area contributed by atoms with Gasteiger partial charge in [-0.2, -0.15) is 20.7 Å². The molecule has 2 aromatic carbocycles. The molecule has 1 saturated heterocycles. The number of aromatic nitrogens is 2. The van der Waals surface area contributed by atoms with Crippen LogP contribution in [0.15, 0.2) is 54.9 Å². The summed E-state index contributed by atoms with van der Waals surface area (Å²) in [4.78, 5) is 12.8. The third-order valence-corrected chi connectivity index (χ3v) is 6.04. The van der Waals surface area contributed by atoms with Crippen molar-refractivity contribution in [3.63, 3.8) is 0 Å². The first-order valence-corrected chi connectivity index (χ1v) is 10.9. The van der Waals surface area contributed by atoms with Crippen molar-refractivity contribution in [1.29, 1.82) is 10.5 Å². The maximum atomic E-state index is 12.8. The Balaban J connectivity index is 1.54. The monoisotopic (exact) mass is 457 g/mol. The number of hydrogen-bond acceptors (Lipinski definition) is 7. The first-order chi connectivity index (χ1) is 16.1. The summed E-state index contributed by atoms with van der Waals surface area (Å²) in [5.74, 6) is 0.487. The van der Waals surface area contributed by atoms with Gasteiger partial charge in [0.1, 0.15) is 23.1 Å². The van der Waals surface area contributed by atoms with E-state index in [4.69, 9.17) is 16.3 Å². The number of hydrogen-bond donors (Lipinski definition) is 1. The highest BCUT2D eigenvalue weighted by atomic mass is 35.5. The number of nitriles is 2. The highest BCUT2D eigenvalue weighted by Crippen LogP contribution is 2.36. The summed E-state index contributed by atoms with van der Waals surface area (Å²) in [5, 5.41) is 30.2. The van der Waals surface area contributed by atoms with Gasteiger partial charge in [-0.1, -0.05) is 23.7 Å². The van der Waals surface area contributed by atoms with Crippen LogP contribution in [0.5, 0.6) is 11.5 Å². The van der Waals surface area contributed by atoms with Gasteiger partial charge in [0.2, 0.25) is 0 Å². The molecule has 0 amide bonds. The van der Waals surface area contributed by atoms with Gasteiger partial charge < -0.3 is 10.1 Å². The first-order valence-electron chi connectivity index (χ1n) is 10.5. The quantitative estimate of drug-likeness (QED) is 0.530. The van der Waals surface area contributed by atoms with E-state index in [1.165, 1.54) is 0 Å². The molecular weight excluding hydrogens is 438 g/mol. The van der Waals surface area contributed by atoms with Crippen molar-refractivity contribution in [2.75, 3.05) is 13.1 Å². The number of rotatable bonds is 6. The van der Waals surface area contributed by atoms with Gasteiger partial charge in [0.15, 0.2) is 5.78 Å². The van der Waals surface area contributed by atoms with Gasteiger partial charge in [-0.15, -0.1) is 0 Å². The Bertz CT molecular complexity index is 1250. The maximum absolute atomic E-state index is 12.8. The third kappa shape index (κ3) is 5.01. The summed E-state index contributed by atoms with van der Waals surface area (Å²) in [7, 11) is 0. The molecule has 1 aliphatic heterocycles. The molecule has 0 aliphatic carbocycles. The second kappa shape index (κ2) is 10.2. The average molecular weight is 458 g/mol. The lowest BCUT2D eigenvalue weighted by Crippen LogP contribution is -2.36. The van der Waals surface area contributed by atoms with E-state index in [0.29, 0.717) is 41.2 Å². The first kappa shape index (κ1) is 22.4. The lowest BCUT2D eigenvalue weighted by Gasteiger charge is -2.26. The van der Waals surface area contributed by atoms with Crippen LogP contribution in [0, 0.1) is 34.5 Å². The second-order valence-corrected chi connectivity index (χ2v) is 8.19. The minimum Gasteiger partial charge on any atom is -0.454 e. The van der Waals surface area contributed by atoms with E-state index >= 15 is 0 Å². The number of ether oxygens (including phenoxy) is 1. The molecule has 1 aliphatic rings. The molecule has 0 bridgehead atoms. The molecular formula is C25H20ClN5O2. The maximum Gasteiger partial charge on any atom is 0.163 e. The van der Waals surface area contributed by atoms with Crippen LogP contribution in [0.1, 0.15) is 28.8 Å². The van der Waals surface area contributed by atoms with Crippen LogP contribution in [0.4, 0.5) is 0 Å². The molecule has 2 heterocycles. The third-order valence-electron chi connectivity index (χ3n) is 5.75. The van der Waals surface area contributed by atoms with Crippen LogP contribution in [0.25, 0.3) is 11.1 Å². The van der Waals surface area contributed by atoms with Crippen LogP contribution in [-0.2, 0) is 0 Å². The van der Waals surface area contributed by atoms with Gasteiger partial charge in [-0.05, 0) is 49.2 Å². The van der Waals surface area contributed by atoms with Gasteiger partial charge in [-0.3, -0.25) is 4.79 Å². The van der Waals surface area contributed by atoms with Crippen molar-refractivity contribution in [2.24, 2.45) is 11.8 Å². The fraction of sp³-hybridized carbons (Fsp3) is 0.240. The molecule has 2 atom stereocenters. The molecule has 7 nitrogen and oxygen atoms in total. The number of halogens is 1. The fourth-order valence-corrected chi connectivity index (χ4v) is 4.18. The van der Waals surface area contributed by atoms with E-state index in [1.807, 2.05) is 0 Å². The summed E-state index contributed by atoms with van der Waals surface area (Å²) < 4.78 is 5.96. The van der Waals surface area contributed by atoms with E-state index in [0.717, 1.165) is 18.5 Å². The van der Waals surface area contributed by atoms with Gasteiger partial charge >= 0.3 is 0 Å². The molecule has 4 rings (SSSR count). The number of nitrogens with zero attached hydrogens (tertiary/aromatic N) is 4. The number of carbonyl (C=O) groups is 1. The zero-order chi connectivity index (χ0) is 23.2. The van der Waals surface area contributed by atoms with E-state index in [1.54, 1.807) is 54.9 Å². The number of piperidine rings is 1. The highest BCUT2D eigenvalue weighted by Gasteiger charge is 2.27. The largest absolute Gasteiger partial charge is 0.454 e. The van der Waals surface area contributed by atoms with Crippen molar-refractivity contribution >= 4 is 17.4 Å². The molecule has 2 unspecified atom stereocenters. The normalized spacial score (nSPS) is 17.5. The molecule has 3 aromatic rings. The molecule has 164 valence electrons. The van der Waals surface area contributed by atoms with Gasteiger partial charge in [0, 0.05) is 29.7 Å². The molecule has 1 N–H and O–H groups in total. The van der Waals surface area contributed by atoms with E-state index in [2.05, 4.69) is 27.7 Å². The SMILES string of the molecule is N#Cc1c(Oc2ccc(C(=O)CC3CCNCC3C#N)cc2Cl)cccc1-c1ccnnc1. The van der Waals surface area contributed by atoms with Crippen LogP contribution < -0.4 is 10.1 Å². The summed E-state index contributed by atoms with van der Waals surface area (Å²) >= 11 is 6.43. The molecule has 1 fully saturated rings. The van der Waals surface area contributed by atoms with Crippen LogP contribution in [0.2, 0.25) is 5.02 Å². The molecule has 0 saturated carbocycles. The van der Waals surface area contributed by atoms with E-state index in [-0.39, 0.29) is 22.6 Å². The van der Waals surface area contributed by atoms with Crippen molar-refractivity contribution in [3.8, 4) is 34.8 Å². The lowest BCUT2D eigenvalue weighted by atomic mass is 9.83. The van der Waals surface area contributed by atoms with Crippen molar-refractivity contribution in [3.05, 3.63) is 71.0 Å². The molecule has 8 heteroatoms. The Morgan fingerprint density at radius 3 is 2.79 bits per heavy atom. The highest BCUT2D eigenvalue weighted by molar-refractivity contribution is 6.32. The van der Waals surface area contributed by atoms with Crippen LogP contribution >= 0.6 is 11.6 Å². The predicted molar refractivity (Wildman–Crippen MR) is 123 cm³/mol. The predicted octanol–water partition coefficient (Wildman–Crippen LogP) is 4.78. The second-order valence-electron chi connectivity index (χ2n) is 7.78. The Labute approximate surface area is 196 Å². The van der Waals surface area contributed by atoms with Crippen molar-refractivity contribution < 1.29 is 9.53 Å². The molecule has 1 aromatic heterocycles. The standard InChI is InChI=1S/C25H20ClN5O2/c26-22-10-17(23(32)11-16-6-8-29-14-19(16)12-27)4-5-25(22)33-24-3-1-2-20(21(24)13-28)18-7-9-30-31-15-18/h1-5,7,9-10,15-16,19,29H,6,8,11,14H2. The smallest absolute Gasteiger partial charge is 0.163 e. The molecule has 0 spiro atoms. The summed E-state index contributed by atoms with van der Waals surface area (Å²) in [6, 6.07) is 16.4. The van der Waals surface area contributed by atoms with E-state index in [9.17, 15) is 15.3 Å². The topological polar surface area (TPSA) is 112 Å². The van der Waals surface area contributed by atoms with Gasteiger partial charge in [-0.25, -0.2) is 0 Å². The fourth-order valence-electron chi connectivity index (χ4n) is 3.96. The van der Waals surface area contributed by atoms with Gasteiger partial charge in [0.25, 0.3) is 0 Å². The Morgan fingerprint density at radius 2 is 2.06 bits per heavy atom. The number of benzene rings is 2. The van der Waals surface area contributed by atoms with E-state index < -0.39 is 0 Å². The number of nitrogens with one attached hydrogen (secondary N) is 1. The minimum atomic E-state index is -0.173. The Hall–Kier alpha value is -3.78. The average Bonchev–Trinajstić information content (AvgIpc) is 2.86. The minimum absolute atomic E-state index is 0.0297. The zero-order valence-electron chi connectivity index (χ0n) is 17.7. The Morgan fingerprint density at radius 1 is 1.18 bits per heavy atom. The zero-order valence-corrected chi connectivity index (χ0v) is 18.4. The number of carbonyl (C=O) groups excluding carboxylic acids is 1. The summed E-state index contributed by atoms with van der Waals surface area (Å²) in [5.41, 5.74) is 2.23. The summed E-state index contributed by atoms with van der Waals surface area (Å²) in [6.07, 6.45) is 4.22. The van der Waals surface area contributed by atoms with Gasteiger partial charge in [0.05, 0.1) is 29.4 Å².